The van der Waals surface area contributed by atoms with Gasteiger partial charge in [0.25, 0.3) is 5.56 Å². The van der Waals surface area contributed by atoms with Crippen molar-refractivity contribution in [3.8, 4) is 0 Å². The van der Waals surface area contributed by atoms with E-state index in [1.807, 2.05) is 6.92 Å². The number of aromatic nitrogens is 2. The average Bonchev–Trinajstić information content (AvgIpc) is 2.36. The number of anilines is 1. The van der Waals surface area contributed by atoms with E-state index in [4.69, 9.17) is 0 Å². The summed E-state index contributed by atoms with van der Waals surface area (Å²) in [6.45, 7) is 1.37. The van der Waals surface area contributed by atoms with E-state index in [1.165, 1.54) is 10.9 Å². The Morgan fingerprint density at radius 3 is 2.59 bits per heavy atom. The van der Waals surface area contributed by atoms with E-state index in [9.17, 15) is 15.0 Å². The zero-order valence-electron chi connectivity index (χ0n) is 9.77. The molecule has 0 aliphatic carbocycles. The van der Waals surface area contributed by atoms with Crippen LogP contribution in [0.5, 0.6) is 0 Å². The summed E-state index contributed by atoms with van der Waals surface area (Å²) in [4.78, 5) is 11.6. The molecule has 0 atom stereocenters. The predicted molar refractivity (Wildman–Crippen MR) is 68.0 cm³/mol. The molecule has 1 rings (SSSR count). The van der Waals surface area contributed by atoms with Gasteiger partial charge >= 0.3 is 0 Å². The van der Waals surface area contributed by atoms with Crippen LogP contribution in [0.25, 0.3) is 0 Å². The third-order valence-corrected chi connectivity index (χ3v) is 3.53. The number of rotatable bonds is 5. The highest BCUT2D eigenvalue weighted by atomic mass is 79.9. The summed E-state index contributed by atoms with van der Waals surface area (Å²) in [5.41, 5.74) is -0.676. The van der Waals surface area contributed by atoms with E-state index in [1.54, 1.807) is 7.05 Å². The van der Waals surface area contributed by atoms with Gasteiger partial charge in [0.2, 0.25) is 0 Å². The van der Waals surface area contributed by atoms with Gasteiger partial charge in [-0.25, -0.2) is 4.68 Å². The minimum Gasteiger partial charge on any atom is -0.394 e. The fraction of sp³-hybridized carbons (Fsp3) is 0.600. The van der Waals surface area contributed by atoms with Crippen LogP contribution in [0.4, 0.5) is 5.69 Å². The second-order valence-corrected chi connectivity index (χ2v) is 4.67. The quantitative estimate of drug-likeness (QED) is 0.717. The van der Waals surface area contributed by atoms with Crippen molar-refractivity contribution in [2.45, 2.75) is 18.9 Å². The van der Waals surface area contributed by atoms with E-state index in [-0.39, 0.29) is 18.8 Å². The number of aliphatic hydroxyl groups excluding tert-OH is 2. The monoisotopic (exact) mass is 305 g/mol. The maximum absolute atomic E-state index is 11.6. The van der Waals surface area contributed by atoms with Crippen molar-refractivity contribution in [3.63, 3.8) is 0 Å². The van der Waals surface area contributed by atoms with Crippen LogP contribution in [0, 0.1) is 0 Å². The highest BCUT2D eigenvalue weighted by Crippen LogP contribution is 2.22. The predicted octanol–water partition coefficient (Wildman–Crippen LogP) is 0.0881. The number of hydrogen-bond acceptors (Lipinski definition) is 5. The van der Waals surface area contributed by atoms with Crippen LogP contribution in [-0.4, -0.2) is 38.7 Å². The largest absolute Gasteiger partial charge is 0.394 e. The molecule has 1 aromatic heterocycles. The van der Waals surface area contributed by atoms with Gasteiger partial charge in [-0.05, 0) is 22.4 Å². The van der Waals surface area contributed by atoms with Gasteiger partial charge in [-0.2, -0.15) is 5.10 Å². The molecular weight excluding hydrogens is 290 g/mol. The van der Waals surface area contributed by atoms with Crippen molar-refractivity contribution in [1.29, 1.82) is 0 Å². The molecule has 1 aromatic rings. The van der Waals surface area contributed by atoms with Crippen molar-refractivity contribution < 1.29 is 10.2 Å². The summed E-state index contributed by atoms with van der Waals surface area (Å²) in [6, 6.07) is 0. The van der Waals surface area contributed by atoms with Crippen molar-refractivity contribution in [3.05, 3.63) is 21.0 Å². The van der Waals surface area contributed by atoms with Crippen LogP contribution >= 0.6 is 15.9 Å². The van der Waals surface area contributed by atoms with E-state index < -0.39 is 5.54 Å². The first-order valence-electron chi connectivity index (χ1n) is 5.21. The molecular formula is C10H16BrN3O3. The van der Waals surface area contributed by atoms with Crippen LogP contribution in [-0.2, 0) is 7.05 Å². The maximum atomic E-state index is 11.6. The zero-order valence-corrected chi connectivity index (χ0v) is 11.4. The third-order valence-electron chi connectivity index (χ3n) is 2.76. The fourth-order valence-corrected chi connectivity index (χ4v) is 1.78. The Labute approximate surface area is 107 Å². The van der Waals surface area contributed by atoms with Crippen molar-refractivity contribution in [2.24, 2.45) is 7.05 Å². The van der Waals surface area contributed by atoms with Crippen LogP contribution in [0.2, 0.25) is 0 Å². The van der Waals surface area contributed by atoms with E-state index in [2.05, 4.69) is 26.3 Å². The molecule has 0 aliphatic heterocycles. The zero-order chi connectivity index (χ0) is 13.1. The first-order chi connectivity index (χ1) is 7.99. The van der Waals surface area contributed by atoms with E-state index in [0.717, 1.165) is 0 Å². The Balaban J connectivity index is 3.11. The molecule has 0 saturated carbocycles. The molecule has 3 N–H and O–H groups in total. The topological polar surface area (TPSA) is 87.4 Å². The average molecular weight is 306 g/mol. The second-order valence-electron chi connectivity index (χ2n) is 3.88. The Kier molecular flexibility index (Phi) is 4.67. The van der Waals surface area contributed by atoms with Crippen molar-refractivity contribution >= 4 is 21.6 Å². The number of nitrogens with zero attached hydrogens (tertiary/aromatic N) is 2. The molecule has 1 heterocycles. The molecule has 0 saturated heterocycles. The Morgan fingerprint density at radius 1 is 1.53 bits per heavy atom. The lowest BCUT2D eigenvalue weighted by molar-refractivity contribution is 0.132. The number of nitrogens with one attached hydrogen (secondary N) is 1. The number of halogens is 1. The Bertz CT molecular complexity index is 435. The molecule has 96 valence electrons. The van der Waals surface area contributed by atoms with Crippen molar-refractivity contribution in [2.75, 3.05) is 18.5 Å². The second kappa shape index (κ2) is 5.61. The van der Waals surface area contributed by atoms with Crippen molar-refractivity contribution in [1.82, 2.24) is 9.78 Å². The van der Waals surface area contributed by atoms with E-state index >= 15 is 0 Å². The summed E-state index contributed by atoms with van der Waals surface area (Å²) in [6.07, 6.45) is 1.99. The van der Waals surface area contributed by atoms with Gasteiger partial charge in [0.1, 0.15) is 4.47 Å². The van der Waals surface area contributed by atoms with Gasteiger partial charge in [-0.15, -0.1) is 0 Å². The molecule has 7 heteroatoms. The minimum atomic E-state index is -0.851. The number of aryl methyl sites for hydroxylation is 1. The van der Waals surface area contributed by atoms with Crippen LogP contribution in [0.15, 0.2) is 15.5 Å². The molecule has 0 spiro atoms. The standard InChI is InChI=1S/C10H16BrN3O3/c1-3-10(5-15,6-16)13-7-4-12-14(2)9(17)8(7)11/h4,13,15-16H,3,5-6H2,1-2H3. The number of hydrogen-bond donors (Lipinski definition) is 3. The first kappa shape index (κ1) is 14.1. The molecule has 17 heavy (non-hydrogen) atoms. The van der Waals surface area contributed by atoms with Gasteiger partial charge < -0.3 is 15.5 Å². The van der Waals surface area contributed by atoms with Gasteiger partial charge in [0.05, 0.1) is 30.6 Å². The normalized spacial score (nSPS) is 11.6. The minimum absolute atomic E-state index is 0.234. The summed E-state index contributed by atoms with van der Waals surface area (Å²) >= 11 is 3.17. The molecule has 0 aromatic carbocycles. The van der Waals surface area contributed by atoms with Crippen LogP contribution in [0.3, 0.4) is 0 Å². The van der Waals surface area contributed by atoms with Gasteiger partial charge in [-0.1, -0.05) is 6.92 Å². The fourth-order valence-electron chi connectivity index (χ4n) is 1.32. The molecule has 6 nitrogen and oxygen atoms in total. The molecule has 0 unspecified atom stereocenters. The Morgan fingerprint density at radius 2 is 2.12 bits per heavy atom. The SMILES string of the molecule is CCC(CO)(CO)Nc1cnn(C)c(=O)c1Br. The van der Waals surface area contributed by atoms with Gasteiger partial charge in [-0.3, -0.25) is 4.79 Å². The van der Waals surface area contributed by atoms with Gasteiger partial charge in [0, 0.05) is 7.05 Å². The van der Waals surface area contributed by atoms with Crippen LogP contribution < -0.4 is 10.9 Å². The lowest BCUT2D eigenvalue weighted by Crippen LogP contribution is -2.45. The van der Waals surface area contributed by atoms with E-state index in [0.29, 0.717) is 16.6 Å². The molecule has 0 radical (unpaired) electrons. The summed E-state index contributed by atoms with van der Waals surface area (Å²) in [7, 11) is 1.54. The molecule has 0 bridgehead atoms. The smallest absolute Gasteiger partial charge is 0.282 e. The third kappa shape index (κ3) is 2.85. The Hall–Kier alpha value is -0.920. The molecule has 0 aliphatic rings. The maximum Gasteiger partial charge on any atom is 0.282 e. The lowest BCUT2D eigenvalue weighted by atomic mass is 9.98. The molecule has 0 fully saturated rings. The van der Waals surface area contributed by atoms with Crippen LogP contribution in [0.1, 0.15) is 13.3 Å². The summed E-state index contributed by atoms with van der Waals surface area (Å²) in [5, 5.41) is 25.5. The summed E-state index contributed by atoms with van der Waals surface area (Å²) < 4.78 is 1.52. The lowest BCUT2D eigenvalue weighted by Gasteiger charge is -2.31. The molecule has 0 amide bonds. The highest BCUT2D eigenvalue weighted by molar-refractivity contribution is 9.10. The first-order valence-corrected chi connectivity index (χ1v) is 6.00. The van der Waals surface area contributed by atoms with Gasteiger partial charge in [0.15, 0.2) is 0 Å². The summed E-state index contributed by atoms with van der Waals surface area (Å²) in [5.74, 6) is 0. The number of aliphatic hydroxyl groups is 2. The highest BCUT2D eigenvalue weighted by Gasteiger charge is 2.27.